The molecule has 0 saturated carbocycles. The lowest BCUT2D eigenvalue weighted by Crippen LogP contribution is -2.03. The molecule has 0 amide bonds. The Morgan fingerprint density at radius 2 is 1.53 bits per heavy atom. The van der Waals surface area contributed by atoms with Crippen LogP contribution in [0.25, 0.3) is 33.6 Å². The van der Waals surface area contributed by atoms with Crippen molar-refractivity contribution in [3.05, 3.63) is 109 Å². The summed E-state index contributed by atoms with van der Waals surface area (Å²) in [6, 6.07) is 22.3. The fourth-order valence-corrected chi connectivity index (χ4v) is 3.90. The highest BCUT2D eigenvalue weighted by molar-refractivity contribution is 5.85. The van der Waals surface area contributed by atoms with E-state index in [2.05, 4.69) is 35.3 Å². The smallest absolute Gasteiger partial charge is 0.232 e. The summed E-state index contributed by atoms with van der Waals surface area (Å²) in [5, 5.41) is 0. The number of aryl methyl sites for hydroxylation is 1. The van der Waals surface area contributed by atoms with Crippen LogP contribution in [0.5, 0.6) is 5.88 Å². The summed E-state index contributed by atoms with van der Waals surface area (Å²) in [6.07, 6.45) is 10.5. The van der Waals surface area contributed by atoms with Gasteiger partial charge in [-0.15, -0.1) is 12.4 Å². The zero-order valence-corrected chi connectivity index (χ0v) is 20.5. The quantitative estimate of drug-likeness (QED) is 0.238. The molecule has 0 atom stereocenters. The second-order valence-electron chi connectivity index (χ2n) is 8.21. The molecule has 2 N–H and O–H groups in total. The van der Waals surface area contributed by atoms with Crippen LogP contribution in [0, 0.1) is 0 Å². The van der Waals surface area contributed by atoms with Crippen LogP contribution in [0.3, 0.4) is 0 Å². The first kappa shape index (κ1) is 25.1. The number of rotatable bonds is 9. The molecule has 0 unspecified atom stereocenters. The number of nitrogens with zero attached hydrogens (tertiary/aromatic N) is 3. The van der Waals surface area contributed by atoms with Gasteiger partial charge in [0.05, 0.1) is 31.0 Å². The van der Waals surface area contributed by atoms with Crippen molar-refractivity contribution in [1.82, 2.24) is 15.0 Å². The molecule has 0 bridgehead atoms. The number of furan rings is 1. The van der Waals surface area contributed by atoms with Crippen LogP contribution in [0.2, 0.25) is 0 Å². The van der Waals surface area contributed by atoms with Gasteiger partial charge in [0.25, 0.3) is 0 Å². The highest BCUT2D eigenvalue weighted by Crippen LogP contribution is 2.32. The van der Waals surface area contributed by atoms with Gasteiger partial charge < -0.3 is 14.9 Å². The second kappa shape index (κ2) is 12.1. The summed E-state index contributed by atoms with van der Waals surface area (Å²) in [5.74, 6) is 0.507. The van der Waals surface area contributed by atoms with E-state index in [1.807, 2.05) is 42.6 Å². The van der Waals surface area contributed by atoms with Gasteiger partial charge in [-0.2, -0.15) is 0 Å². The number of aromatic nitrogens is 3. The third kappa shape index (κ3) is 5.97. The maximum atomic E-state index is 5.98. The predicted molar refractivity (Wildman–Crippen MR) is 144 cm³/mol. The SMILES string of the molecule is Cl.NCc1ccc(-c2ncc(OCCCc3cccnc3)nc2-c2ccc(-c3ccoc3)cc2)cc1. The summed E-state index contributed by atoms with van der Waals surface area (Å²) < 4.78 is 11.2. The van der Waals surface area contributed by atoms with Crippen molar-refractivity contribution < 1.29 is 9.15 Å². The van der Waals surface area contributed by atoms with Crippen LogP contribution in [0.4, 0.5) is 0 Å². The Morgan fingerprint density at radius 3 is 2.22 bits per heavy atom. The van der Waals surface area contributed by atoms with Gasteiger partial charge in [0, 0.05) is 35.6 Å². The number of pyridine rings is 1. The predicted octanol–water partition coefficient (Wildman–Crippen LogP) is 6.36. The molecular formula is C29H27ClN4O2. The number of nitrogens with two attached hydrogens (primary N) is 1. The minimum atomic E-state index is 0. The van der Waals surface area contributed by atoms with Gasteiger partial charge >= 0.3 is 0 Å². The van der Waals surface area contributed by atoms with Crippen molar-refractivity contribution in [3.8, 4) is 39.5 Å². The number of ether oxygens (including phenoxy) is 1. The summed E-state index contributed by atoms with van der Waals surface area (Å²) in [7, 11) is 0. The zero-order chi connectivity index (χ0) is 23.9. The Bertz CT molecular complexity index is 1360. The fourth-order valence-electron chi connectivity index (χ4n) is 3.90. The van der Waals surface area contributed by atoms with E-state index in [9.17, 15) is 0 Å². The molecule has 36 heavy (non-hydrogen) atoms. The van der Waals surface area contributed by atoms with E-state index in [1.165, 1.54) is 5.56 Å². The first-order valence-electron chi connectivity index (χ1n) is 11.6. The third-order valence-electron chi connectivity index (χ3n) is 5.81. The molecule has 3 aromatic heterocycles. The molecule has 5 rings (SSSR count). The minimum Gasteiger partial charge on any atom is -0.477 e. The molecular weight excluding hydrogens is 472 g/mol. The molecule has 0 aliphatic carbocycles. The van der Waals surface area contributed by atoms with E-state index < -0.39 is 0 Å². The fraction of sp³-hybridized carbons (Fsp3) is 0.138. The van der Waals surface area contributed by atoms with E-state index >= 15 is 0 Å². The Balaban J connectivity index is 0.00000304. The van der Waals surface area contributed by atoms with Crippen molar-refractivity contribution >= 4 is 12.4 Å². The highest BCUT2D eigenvalue weighted by atomic mass is 35.5. The van der Waals surface area contributed by atoms with E-state index in [0.717, 1.165) is 52.0 Å². The average molecular weight is 499 g/mol. The molecule has 0 saturated heterocycles. The van der Waals surface area contributed by atoms with Gasteiger partial charge in [-0.25, -0.2) is 9.97 Å². The number of benzene rings is 2. The normalized spacial score (nSPS) is 10.6. The lowest BCUT2D eigenvalue weighted by atomic mass is 10.0. The van der Waals surface area contributed by atoms with E-state index in [1.54, 1.807) is 24.9 Å². The summed E-state index contributed by atoms with van der Waals surface area (Å²) in [5.41, 5.74) is 13.7. The number of hydrogen-bond acceptors (Lipinski definition) is 6. The molecule has 0 spiro atoms. The Hall–Kier alpha value is -4.00. The maximum absolute atomic E-state index is 5.98. The van der Waals surface area contributed by atoms with Crippen LogP contribution in [0.1, 0.15) is 17.5 Å². The molecule has 0 aliphatic rings. The minimum absolute atomic E-state index is 0. The first-order valence-corrected chi connectivity index (χ1v) is 11.6. The monoisotopic (exact) mass is 498 g/mol. The summed E-state index contributed by atoms with van der Waals surface area (Å²) in [4.78, 5) is 13.8. The Morgan fingerprint density at radius 1 is 0.778 bits per heavy atom. The van der Waals surface area contributed by atoms with E-state index in [4.69, 9.17) is 24.9 Å². The van der Waals surface area contributed by atoms with Crippen molar-refractivity contribution in [2.24, 2.45) is 5.73 Å². The van der Waals surface area contributed by atoms with Crippen molar-refractivity contribution in [2.75, 3.05) is 6.61 Å². The number of halogens is 1. The molecule has 6 nitrogen and oxygen atoms in total. The van der Waals surface area contributed by atoms with Gasteiger partial charge in [0.2, 0.25) is 5.88 Å². The first-order chi connectivity index (χ1) is 17.3. The summed E-state index contributed by atoms with van der Waals surface area (Å²) in [6.45, 7) is 1.05. The largest absolute Gasteiger partial charge is 0.477 e. The van der Waals surface area contributed by atoms with Crippen LogP contribution in [0.15, 0.2) is 102 Å². The Labute approximate surface area is 216 Å². The van der Waals surface area contributed by atoms with E-state index in [0.29, 0.717) is 19.0 Å². The van der Waals surface area contributed by atoms with Crippen LogP contribution in [-0.2, 0) is 13.0 Å². The highest BCUT2D eigenvalue weighted by Gasteiger charge is 2.14. The lowest BCUT2D eigenvalue weighted by Gasteiger charge is -2.12. The van der Waals surface area contributed by atoms with Gasteiger partial charge in [0.15, 0.2) is 0 Å². The lowest BCUT2D eigenvalue weighted by molar-refractivity contribution is 0.298. The molecule has 182 valence electrons. The maximum Gasteiger partial charge on any atom is 0.232 e. The van der Waals surface area contributed by atoms with Gasteiger partial charge in [0.1, 0.15) is 5.69 Å². The van der Waals surface area contributed by atoms with Gasteiger partial charge in [-0.3, -0.25) is 4.98 Å². The molecule has 0 aliphatic heterocycles. The topological polar surface area (TPSA) is 87.1 Å². The molecule has 2 aromatic carbocycles. The van der Waals surface area contributed by atoms with Crippen LogP contribution < -0.4 is 10.5 Å². The van der Waals surface area contributed by atoms with Gasteiger partial charge in [-0.1, -0.05) is 54.6 Å². The van der Waals surface area contributed by atoms with Crippen molar-refractivity contribution in [2.45, 2.75) is 19.4 Å². The third-order valence-corrected chi connectivity index (χ3v) is 5.81. The van der Waals surface area contributed by atoms with Crippen molar-refractivity contribution in [3.63, 3.8) is 0 Å². The second-order valence-corrected chi connectivity index (χ2v) is 8.21. The Kier molecular flexibility index (Phi) is 8.44. The standard InChI is InChI=1S/C29H26N4O2.ClH/c30-17-21-5-7-24(8-6-21)28-29(25-11-9-23(10-12-25)26-13-16-34-20-26)33-27(19-32-28)35-15-2-4-22-3-1-14-31-18-22;/h1,3,5-14,16,18-20H,2,4,15,17,30H2;1H. The molecule has 5 aromatic rings. The van der Waals surface area contributed by atoms with Crippen molar-refractivity contribution in [1.29, 1.82) is 0 Å². The molecule has 3 heterocycles. The molecule has 0 radical (unpaired) electrons. The molecule has 0 fully saturated rings. The van der Waals surface area contributed by atoms with Crippen LogP contribution >= 0.6 is 12.4 Å². The van der Waals surface area contributed by atoms with Gasteiger partial charge in [-0.05, 0) is 41.7 Å². The summed E-state index contributed by atoms with van der Waals surface area (Å²) >= 11 is 0. The number of hydrogen-bond donors (Lipinski definition) is 1. The molecule has 7 heteroatoms. The average Bonchev–Trinajstić information content (AvgIpc) is 3.47. The van der Waals surface area contributed by atoms with E-state index in [-0.39, 0.29) is 12.4 Å². The zero-order valence-electron chi connectivity index (χ0n) is 19.7. The van der Waals surface area contributed by atoms with Crippen LogP contribution in [-0.4, -0.2) is 21.6 Å².